The molecule has 1 amide bonds. The van der Waals surface area contributed by atoms with Gasteiger partial charge < -0.3 is 20.5 Å². The third-order valence-electron chi connectivity index (χ3n) is 2.34. The van der Waals surface area contributed by atoms with Gasteiger partial charge in [0.1, 0.15) is 0 Å². The van der Waals surface area contributed by atoms with E-state index in [9.17, 15) is 4.79 Å². The Labute approximate surface area is 114 Å². The molecule has 0 aliphatic heterocycles. The average molecular weight is 266 g/mol. The third-order valence-corrected chi connectivity index (χ3v) is 2.34. The van der Waals surface area contributed by atoms with E-state index in [0.29, 0.717) is 18.0 Å². The standard InChI is InChI=1S/C14H22N2O3/c1-14(2,3)16-13(17)9-19-12-7-10(8-15)5-6-11(12)18-4/h5-7H,8-9,15H2,1-4H3,(H,16,17). The fraction of sp³-hybridized carbons (Fsp3) is 0.500. The molecule has 0 aliphatic rings. The number of carbonyl (C=O) groups excluding carboxylic acids is 1. The third kappa shape index (κ3) is 5.18. The number of rotatable bonds is 5. The SMILES string of the molecule is COc1ccc(CN)cc1OCC(=O)NC(C)(C)C. The minimum Gasteiger partial charge on any atom is -0.493 e. The van der Waals surface area contributed by atoms with E-state index in [4.69, 9.17) is 15.2 Å². The van der Waals surface area contributed by atoms with E-state index in [1.165, 1.54) is 0 Å². The van der Waals surface area contributed by atoms with E-state index in [0.717, 1.165) is 5.56 Å². The zero-order chi connectivity index (χ0) is 14.5. The molecule has 0 unspecified atom stereocenters. The van der Waals surface area contributed by atoms with Crippen LogP contribution in [0.1, 0.15) is 26.3 Å². The van der Waals surface area contributed by atoms with E-state index < -0.39 is 0 Å². The molecule has 0 aromatic heterocycles. The monoisotopic (exact) mass is 266 g/mol. The summed E-state index contributed by atoms with van der Waals surface area (Å²) in [5, 5.41) is 2.83. The summed E-state index contributed by atoms with van der Waals surface area (Å²) in [6.45, 7) is 6.11. The predicted molar refractivity (Wildman–Crippen MR) is 74.3 cm³/mol. The Morgan fingerprint density at radius 2 is 2.00 bits per heavy atom. The van der Waals surface area contributed by atoms with E-state index in [1.54, 1.807) is 19.2 Å². The number of carbonyl (C=O) groups is 1. The van der Waals surface area contributed by atoms with Crippen molar-refractivity contribution in [3.63, 3.8) is 0 Å². The second-order valence-electron chi connectivity index (χ2n) is 5.28. The van der Waals surface area contributed by atoms with Crippen molar-refractivity contribution in [3.05, 3.63) is 23.8 Å². The van der Waals surface area contributed by atoms with Crippen LogP contribution in [0.3, 0.4) is 0 Å². The van der Waals surface area contributed by atoms with Crippen molar-refractivity contribution >= 4 is 5.91 Å². The summed E-state index contributed by atoms with van der Waals surface area (Å²) in [4.78, 5) is 11.7. The maximum atomic E-state index is 11.7. The molecule has 0 saturated carbocycles. The van der Waals surface area contributed by atoms with Crippen molar-refractivity contribution < 1.29 is 14.3 Å². The highest BCUT2D eigenvalue weighted by molar-refractivity contribution is 5.78. The summed E-state index contributed by atoms with van der Waals surface area (Å²) >= 11 is 0. The zero-order valence-corrected chi connectivity index (χ0v) is 11.9. The topological polar surface area (TPSA) is 73.6 Å². The van der Waals surface area contributed by atoms with Gasteiger partial charge in [0, 0.05) is 12.1 Å². The number of methoxy groups -OCH3 is 1. The van der Waals surface area contributed by atoms with Crippen molar-refractivity contribution in [2.24, 2.45) is 5.73 Å². The zero-order valence-electron chi connectivity index (χ0n) is 11.9. The number of ether oxygens (including phenoxy) is 2. The fourth-order valence-corrected chi connectivity index (χ4v) is 1.56. The normalized spacial score (nSPS) is 11.0. The maximum absolute atomic E-state index is 11.7. The van der Waals surface area contributed by atoms with Gasteiger partial charge in [-0.25, -0.2) is 0 Å². The van der Waals surface area contributed by atoms with Crippen LogP contribution in [0.5, 0.6) is 11.5 Å². The summed E-state index contributed by atoms with van der Waals surface area (Å²) in [6.07, 6.45) is 0. The van der Waals surface area contributed by atoms with Gasteiger partial charge in [0.15, 0.2) is 18.1 Å². The molecular formula is C14H22N2O3. The highest BCUT2D eigenvalue weighted by Crippen LogP contribution is 2.27. The van der Waals surface area contributed by atoms with Crippen molar-refractivity contribution in [2.75, 3.05) is 13.7 Å². The minimum atomic E-state index is -0.274. The van der Waals surface area contributed by atoms with Gasteiger partial charge in [-0.1, -0.05) is 6.07 Å². The quantitative estimate of drug-likeness (QED) is 0.846. The molecular weight excluding hydrogens is 244 g/mol. The molecule has 3 N–H and O–H groups in total. The summed E-state index contributed by atoms with van der Waals surface area (Å²) < 4.78 is 10.7. The largest absolute Gasteiger partial charge is 0.493 e. The van der Waals surface area contributed by atoms with Gasteiger partial charge in [-0.15, -0.1) is 0 Å². The maximum Gasteiger partial charge on any atom is 0.258 e. The van der Waals surface area contributed by atoms with Gasteiger partial charge in [-0.05, 0) is 38.5 Å². The van der Waals surface area contributed by atoms with Crippen LogP contribution in [0.4, 0.5) is 0 Å². The lowest BCUT2D eigenvalue weighted by Crippen LogP contribution is -2.43. The average Bonchev–Trinajstić information content (AvgIpc) is 2.33. The summed E-state index contributed by atoms with van der Waals surface area (Å²) in [5.74, 6) is 0.933. The van der Waals surface area contributed by atoms with E-state index in [2.05, 4.69) is 5.32 Å². The Bertz CT molecular complexity index is 439. The van der Waals surface area contributed by atoms with Gasteiger partial charge in [0.25, 0.3) is 5.91 Å². The Morgan fingerprint density at radius 1 is 1.32 bits per heavy atom. The van der Waals surface area contributed by atoms with Crippen LogP contribution < -0.4 is 20.5 Å². The molecule has 1 aromatic rings. The van der Waals surface area contributed by atoms with Crippen LogP contribution >= 0.6 is 0 Å². The van der Waals surface area contributed by atoms with Crippen molar-refractivity contribution in [1.29, 1.82) is 0 Å². The van der Waals surface area contributed by atoms with E-state index >= 15 is 0 Å². The molecule has 0 heterocycles. The lowest BCUT2D eigenvalue weighted by Gasteiger charge is -2.20. The number of hydrogen-bond acceptors (Lipinski definition) is 4. The molecule has 0 radical (unpaired) electrons. The molecule has 0 aliphatic carbocycles. The highest BCUT2D eigenvalue weighted by atomic mass is 16.5. The van der Waals surface area contributed by atoms with Gasteiger partial charge in [-0.2, -0.15) is 0 Å². The number of nitrogens with two attached hydrogens (primary N) is 1. The van der Waals surface area contributed by atoms with Gasteiger partial charge in [0.05, 0.1) is 7.11 Å². The minimum absolute atomic E-state index is 0.0539. The van der Waals surface area contributed by atoms with Crippen LogP contribution in [-0.4, -0.2) is 25.2 Å². The second-order valence-corrected chi connectivity index (χ2v) is 5.28. The molecule has 0 atom stereocenters. The Hall–Kier alpha value is -1.75. The fourth-order valence-electron chi connectivity index (χ4n) is 1.56. The molecule has 106 valence electrons. The summed E-state index contributed by atoms with van der Waals surface area (Å²) in [7, 11) is 1.56. The van der Waals surface area contributed by atoms with Gasteiger partial charge in [0.2, 0.25) is 0 Å². The molecule has 0 fully saturated rings. The van der Waals surface area contributed by atoms with Crippen LogP contribution in [0.25, 0.3) is 0 Å². The molecule has 1 aromatic carbocycles. The number of nitrogens with one attached hydrogen (secondary N) is 1. The van der Waals surface area contributed by atoms with Crippen molar-refractivity contribution in [3.8, 4) is 11.5 Å². The lowest BCUT2D eigenvalue weighted by molar-refractivity contribution is -0.124. The summed E-state index contributed by atoms with van der Waals surface area (Å²) in [5.41, 5.74) is 6.22. The van der Waals surface area contributed by atoms with Crippen LogP contribution in [0, 0.1) is 0 Å². The Balaban J connectivity index is 2.68. The first-order chi connectivity index (χ1) is 8.85. The molecule has 1 rings (SSSR count). The smallest absolute Gasteiger partial charge is 0.258 e. The molecule has 0 saturated heterocycles. The number of amides is 1. The van der Waals surface area contributed by atoms with Crippen molar-refractivity contribution in [2.45, 2.75) is 32.9 Å². The molecule has 19 heavy (non-hydrogen) atoms. The van der Waals surface area contributed by atoms with E-state index in [-0.39, 0.29) is 18.1 Å². The predicted octanol–water partition coefficient (Wildman–Crippen LogP) is 1.45. The van der Waals surface area contributed by atoms with Crippen LogP contribution in [0.15, 0.2) is 18.2 Å². The van der Waals surface area contributed by atoms with Gasteiger partial charge in [-0.3, -0.25) is 4.79 Å². The molecule has 5 nitrogen and oxygen atoms in total. The van der Waals surface area contributed by atoms with Crippen molar-refractivity contribution in [1.82, 2.24) is 5.32 Å². The summed E-state index contributed by atoms with van der Waals surface area (Å²) in [6, 6.07) is 5.42. The first-order valence-corrected chi connectivity index (χ1v) is 6.16. The Morgan fingerprint density at radius 3 is 2.53 bits per heavy atom. The molecule has 5 heteroatoms. The molecule has 0 spiro atoms. The first-order valence-electron chi connectivity index (χ1n) is 6.16. The molecule has 0 bridgehead atoms. The van der Waals surface area contributed by atoms with Gasteiger partial charge >= 0.3 is 0 Å². The number of benzene rings is 1. The second kappa shape index (κ2) is 6.43. The lowest BCUT2D eigenvalue weighted by atomic mass is 10.1. The van der Waals surface area contributed by atoms with E-state index in [1.807, 2.05) is 26.8 Å². The highest BCUT2D eigenvalue weighted by Gasteiger charge is 2.15. The Kier molecular flexibility index (Phi) is 5.18. The first kappa shape index (κ1) is 15.3. The van der Waals surface area contributed by atoms with Crippen LogP contribution in [0.2, 0.25) is 0 Å². The number of hydrogen-bond donors (Lipinski definition) is 2. The van der Waals surface area contributed by atoms with Crippen LogP contribution in [-0.2, 0) is 11.3 Å².